The summed E-state index contributed by atoms with van der Waals surface area (Å²) >= 11 is 0. The highest BCUT2D eigenvalue weighted by Gasteiger charge is 2.18. The highest BCUT2D eigenvalue weighted by atomic mass is 19.1. The van der Waals surface area contributed by atoms with Crippen LogP contribution in [0.1, 0.15) is 17.5 Å². The van der Waals surface area contributed by atoms with Gasteiger partial charge in [-0.15, -0.1) is 0 Å². The molecule has 0 aliphatic rings. The van der Waals surface area contributed by atoms with E-state index in [-0.39, 0.29) is 31.1 Å². The van der Waals surface area contributed by atoms with E-state index in [0.29, 0.717) is 22.3 Å². The van der Waals surface area contributed by atoms with Crippen molar-refractivity contribution in [3.05, 3.63) is 70.0 Å². The third-order valence-electron chi connectivity index (χ3n) is 5.85. The lowest BCUT2D eigenvalue weighted by molar-refractivity contribution is -0.131. The molecule has 172 valence electrons. The van der Waals surface area contributed by atoms with Crippen molar-refractivity contribution in [2.24, 2.45) is 0 Å². The van der Waals surface area contributed by atoms with Crippen LogP contribution >= 0.6 is 0 Å². The summed E-state index contributed by atoms with van der Waals surface area (Å²) in [6.45, 7) is 1.38. The van der Waals surface area contributed by atoms with Crippen LogP contribution in [0.5, 0.6) is 0 Å². The third-order valence-corrected chi connectivity index (χ3v) is 5.85. The van der Waals surface area contributed by atoms with Gasteiger partial charge < -0.3 is 23.9 Å². The van der Waals surface area contributed by atoms with E-state index in [1.807, 2.05) is 13.0 Å². The number of carbonyl (C=O) groups is 1. The van der Waals surface area contributed by atoms with Gasteiger partial charge in [-0.1, -0.05) is 12.1 Å². The Hall–Kier alpha value is -3.49. The molecule has 1 atom stereocenters. The second kappa shape index (κ2) is 9.17. The molecule has 0 aliphatic heterocycles. The fraction of sp³-hybridized carbons (Fsp3) is 0.280. The summed E-state index contributed by atoms with van der Waals surface area (Å²) in [5.41, 5.74) is 3.09. The van der Waals surface area contributed by atoms with Crippen LogP contribution in [0.25, 0.3) is 33.1 Å². The molecular weight excluding hydrogens is 429 g/mol. The van der Waals surface area contributed by atoms with Crippen LogP contribution in [0.15, 0.2) is 56.3 Å². The molecule has 4 aromatic rings. The fourth-order valence-corrected chi connectivity index (χ4v) is 3.95. The smallest absolute Gasteiger partial charge is 0.339 e. The summed E-state index contributed by atoms with van der Waals surface area (Å²) in [4.78, 5) is 26.3. The SMILES string of the molecule is Cc1c(CCC(=O)N(C)CC(O)CO)c(=O)oc2cc3occ(-c4ccc(F)cc4)c3cc12. The van der Waals surface area contributed by atoms with Crippen LogP contribution in [0.3, 0.4) is 0 Å². The molecule has 0 aliphatic carbocycles. The van der Waals surface area contributed by atoms with E-state index in [1.54, 1.807) is 24.5 Å². The van der Waals surface area contributed by atoms with Crippen LogP contribution in [0, 0.1) is 12.7 Å². The van der Waals surface area contributed by atoms with E-state index >= 15 is 0 Å². The largest absolute Gasteiger partial charge is 0.464 e. The van der Waals surface area contributed by atoms with E-state index < -0.39 is 18.3 Å². The Morgan fingerprint density at radius 3 is 2.58 bits per heavy atom. The van der Waals surface area contributed by atoms with Gasteiger partial charge in [-0.25, -0.2) is 9.18 Å². The lowest BCUT2D eigenvalue weighted by Gasteiger charge is -2.19. The molecule has 2 aromatic heterocycles. The number of aliphatic hydroxyl groups excluding tert-OH is 2. The molecule has 1 unspecified atom stereocenters. The average molecular weight is 453 g/mol. The zero-order valence-corrected chi connectivity index (χ0v) is 18.3. The summed E-state index contributed by atoms with van der Waals surface area (Å²) in [5.74, 6) is -0.587. The molecule has 2 aromatic carbocycles. The van der Waals surface area contributed by atoms with Gasteiger partial charge in [0.1, 0.15) is 17.0 Å². The highest BCUT2D eigenvalue weighted by Crippen LogP contribution is 2.34. The minimum Gasteiger partial charge on any atom is -0.464 e. The second-order valence-electron chi connectivity index (χ2n) is 8.10. The Kier molecular flexibility index (Phi) is 6.31. The van der Waals surface area contributed by atoms with Gasteiger partial charge in [-0.05, 0) is 42.7 Å². The van der Waals surface area contributed by atoms with Gasteiger partial charge in [0.25, 0.3) is 0 Å². The number of nitrogens with zero attached hydrogens (tertiary/aromatic N) is 1. The minimum absolute atomic E-state index is 0.00524. The molecule has 0 spiro atoms. The maximum atomic E-state index is 13.3. The number of amides is 1. The van der Waals surface area contributed by atoms with Crippen LogP contribution in [0.4, 0.5) is 4.39 Å². The Labute approximate surface area is 188 Å². The number of hydrogen-bond donors (Lipinski definition) is 2. The number of benzene rings is 2. The van der Waals surface area contributed by atoms with Crippen molar-refractivity contribution in [3.8, 4) is 11.1 Å². The third kappa shape index (κ3) is 4.53. The van der Waals surface area contributed by atoms with E-state index in [9.17, 15) is 19.1 Å². The van der Waals surface area contributed by atoms with Crippen molar-refractivity contribution in [2.45, 2.75) is 25.9 Å². The number of furan rings is 1. The van der Waals surface area contributed by atoms with Gasteiger partial charge in [-0.2, -0.15) is 0 Å². The number of fused-ring (bicyclic) bond motifs is 2. The minimum atomic E-state index is -1.01. The molecule has 33 heavy (non-hydrogen) atoms. The monoisotopic (exact) mass is 453 g/mol. The predicted molar refractivity (Wildman–Crippen MR) is 121 cm³/mol. The summed E-state index contributed by atoms with van der Waals surface area (Å²) < 4.78 is 24.5. The molecule has 0 fully saturated rings. The van der Waals surface area contributed by atoms with Gasteiger partial charge in [-0.3, -0.25) is 4.79 Å². The molecule has 0 saturated heterocycles. The summed E-state index contributed by atoms with van der Waals surface area (Å²) in [6.07, 6.45) is 0.802. The standard InChI is InChI=1S/C25H24FNO6/c1-14-18(7-8-24(30)27(2)11-17(29)12-28)25(31)33-23-10-22-20(9-19(14)23)21(13-32-22)15-3-5-16(26)6-4-15/h3-6,9-10,13,17,28-29H,7-8,11-12H2,1-2H3. The molecular formula is C25H24FNO6. The van der Waals surface area contributed by atoms with Gasteiger partial charge >= 0.3 is 5.63 Å². The number of halogens is 1. The summed E-state index contributed by atoms with van der Waals surface area (Å²) in [5, 5.41) is 20.0. The number of carbonyl (C=O) groups excluding carboxylic acids is 1. The fourth-order valence-electron chi connectivity index (χ4n) is 3.95. The second-order valence-corrected chi connectivity index (χ2v) is 8.10. The number of aryl methyl sites for hydroxylation is 1. The van der Waals surface area contributed by atoms with Crippen LogP contribution in [-0.2, 0) is 11.2 Å². The highest BCUT2D eigenvalue weighted by molar-refractivity contribution is 6.02. The number of likely N-dealkylation sites (N-methyl/N-ethyl adjacent to an activating group) is 1. The Morgan fingerprint density at radius 1 is 1.15 bits per heavy atom. The quantitative estimate of drug-likeness (QED) is 0.416. The van der Waals surface area contributed by atoms with Crippen LogP contribution < -0.4 is 5.63 Å². The van der Waals surface area contributed by atoms with Crippen molar-refractivity contribution in [1.29, 1.82) is 0 Å². The van der Waals surface area contributed by atoms with E-state index in [4.69, 9.17) is 13.9 Å². The van der Waals surface area contributed by atoms with Gasteiger partial charge in [0, 0.05) is 48.0 Å². The van der Waals surface area contributed by atoms with Crippen molar-refractivity contribution in [3.63, 3.8) is 0 Å². The lowest BCUT2D eigenvalue weighted by atomic mass is 9.99. The lowest BCUT2D eigenvalue weighted by Crippen LogP contribution is -2.36. The first-order valence-electron chi connectivity index (χ1n) is 10.5. The number of aliphatic hydroxyl groups is 2. The molecule has 7 nitrogen and oxygen atoms in total. The van der Waals surface area contributed by atoms with Crippen molar-refractivity contribution in [1.82, 2.24) is 4.90 Å². The maximum absolute atomic E-state index is 13.3. The molecule has 2 N–H and O–H groups in total. The zero-order chi connectivity index (χ0) is 23.7. The molecule has 8 heteroatoms. The van der Waals surface area contributed by atoms with Crippen molar-refractivity contribution in [2.75, 3.05) is 20.2 Å². The first-order valence-corrected chi connectivity index (χ1v) is 10.5. The average Bonchev–Trinajstić information content (AvgIpc) is 3.20. The molecule has 4 rings (SSSR count). The molecule has 0 radical (unpaired) electrons. The Morgan fingerprint density at radius 2 is 1.88 bits per heavy atom. The van der Waals surface area contributed by atoms with E-state index in [1.165, 1.54) is 24.1 Å². The van der Waals surface area contributed by atoms with E-state index in [0.717, 1.165) is 21.9 Å². The maximum Gasteiger partial charge on any atom is 0.339 e. The summed E-state index contributed by atoms with van der Waals surface area (Å²) in [7, 11) is 1.53. The number of rotatable bonds is 7. The zero-order valence-electron chi connectivity index (χ0n) is 18.3. The van der Waals surface area contributed by atoms with Crippen molar-refractivity contribution < 1.29 is 28.2 Å². The van der Waals surface area contributed by atoms with Crippen LogP contribution in [0.2, 0.25) is 0 Å². The number of hydrogen-bond acceptors (Lipinski definition) is 6. The molecule has 2 heterocycles. The Bertz CT molecular complexity index is 1370. The normalized spacial score (nSPS) is 12.4. The topological polar surface area (TPSA) is 104 Å². The molecule has 1 amide bonds. The van der Waals surface area contributed by atoms with Gasteiger partial charge in [0.2, 0.25) is 5.91 Å². The summed E-state index contributed by atoms with van der Waals surface area (Å²) in [6, 6.07) is 9.63. The first kappa shape index (κ1) is 22.7. The van der Waals surface area contributed by atoms with Crippen LogP contribution in [-0.4, -0.2) is 47.3 Å². The predicted octanol–water partition coefficient (Wildman–Crippen LogP) is 3.40. The van der Waals surface area contributed by atoms with Crippen molar-refractivity contribution >= 4 is 27.8 Å². The molecule has 0 saturated carbocycles. The molecule has 0 bridgehead atoms. The first-order chi connectivity index (χ1) is 15.8. The van der Waals surface area contributed by atoms with Gasteiger partial charge in [0.05, 0.1) is 19.0 Å². The van der Waals surface area contributed by atoms with Gasteiger partial charge in [0.15, 0.2) is 0 Å². The Balaban J connectivity index is 1.68. The van der Waals surface area contributed by atoms with E-state index in [2.05, 4.69) is 0 Å².